The number of carbonyl (C=O) groups is 1. The van der Waals surface area contributed by atoms with Crippen molar-refractivity contribution in [3.05, 3.63) is 65.5 Å². The van der Waals surface area contributed by atoms with Gasteiger partial charge in [0.1, 0.15) is 5.82 Å². The van der Waals surface area contributed by atoms with Crippen molar-refractivity contribution in [2.45, 2.75) is 19.9 Å². The van der Waals surface area contributed by atoms with Crippen molar-refractivity contribution >= 4 is 17.0 Å². The lowest BCUT2D eigenvalue weighted by molar-refractivity contribution is 0.0695. The predicted molar refractivity (Wildman–Crippen MR) is 81.6 cm³/mol. The van der Waals surface area contributed by atoms with Crippen molar-refractivity contribution < 1.29 is 9.90 Å². The number of imidazole rings is 1. The number of rotatable bonds is 4. The monoisotopic (exact) mass is 280 g/mol. The number of fused-ring (bicyclic) bond motifs is 1. The fourth-order valence-corrected chi connectivity index (χ4v) is 2.61. The standard InChI is InChI=1S/C17H16N2O2/c1-2-16-18-14-9-5-6-10-15(14)19(16)11-12-7-3-4-8-13(12)17(20)21/h3-10H,2,11H2,1H3,(H,20,21). The molecule has 0 bridgehead atoms. The second-order valence-corrected chi connectivity index (χ2v) is 4.92. The average Bonchev–Trinajstić information content (AvgIpc) is 2.86. The zero-order chi connectivity index (χ0) is 14.8. The quantitative estimate of drug-likeness (QED) is 0.797. The summed E-state index contributed by atoms with van der Waals surface area (Å²) in [4.78, 5) is 16.0. The van der Waals surface area contributed by atoms with Gasteiger partial charge in [-0.25, -0.2) is 9.78 Å². The van der Waals surface area contributed by atoms with E-state index in [0.29, 0.717) is 12.1 Å². The molecule has 0 aliphatic heterocycles. The molecule has 0 saturated heterocycles. The number of benzene rings is 2. The van der Waals surface area contributed by atoms with Crippen LogP contribution in [0.1, 0.15) is 28.7 Å². The van der Waals surface area contributed by atoms with Crippen molar-refractivity contribution in [3.63, 3.8) is 0 Å². The van der Waals surface area contributed by atoms with Crippen LogP contribution >= 0.6 is 0 Å². The summed E-state index contributed by atoms with van der Waals surface area (Å²) in [5.41, 5.74) is 3.12. The van der Waals surface area contributed by atoms with Crippen LogP contribution in [0.2, 0.25) is 0 Å². The van der Waals surface area contributed by atoms with Crippen molar-refractivity contribution in [1.29, 1.82) is 0 Å². The van der Waals surface area contributed by atoms with E-state index in [0.717, 1.165) is 28.8 Å². The summed E-state index contributed by atoms with van der Waals surface area (Å²) in [5.74, 6) is 0.0736. The lowest BCUT2D eigenvalue weighted by Crippen LogP contribution is -2.09. The van der Waals surface area contributed by atoms with Gasteiger partial charge < -0.3 is 9.67 Å². The van der Waals surface area contributed by atoms with Crippen LogP contribution < -0.4 is 0 Å². The van der Waals surface area contributed by atoms with E-state index < -0.39 is 5.97 Å². The number of para-hydroxylation sites is 2. The number of aryl methyl sites for hydroxylation is 1. The third-order valence-electron chi connectivity index (χ3n) is 3.63. The van der Waals surface area contributed by atoms with E-state index in [4.69, 9.17) is 0 Å². The van der Waals surface area contributed by atoms with Gasteiger partial charge in [0.05, 0.1) is 23.1 Å². The third-order valence-corrected chi connectivity index (χ3v) is 3.63. The van der Waals surface area contributed by atoms with Crippen molar-refractivity contribution in [2.75, 3.05) is 0 Å². The number of carboxylic acids is 1. The Labute approximate surface area is 122 Å². The molecule has 0 unspecified atom stereocenters. The number of aromatic nitrogens is 2. The maximum Gasteiger partial charge on any atom is 0.336 e. The number of hydrogen-bond acceptors (Lipinski definition) is 2. The van der Waals surface area contributed by atoms with E-state index in [9.17, 15) is 9.90 Å². The third kappa shape index (κ3) is 2.40. The minimum Gasteiger partial charge on any atom is -0.478 e. The Morgan fingerprint density at radius 2 is 1.86 bits per heavy atom. The van der Waals surface area contributed by atoms with Crippen molar-refractivity contribution in [3.8, 4) is 0 Å². The van der Waals surface area contributed by atoms with Crippen LogP contribution in [0.4, 0.5) is 0 Å². The molecule has 0 aliphatic carbocycles. The molecule has 0 spiro atoms. The minimum absolute atomic E-state index is 0.345. The van der Waals surface area contributed by atoms with Crippen LogP contribution in [0.15, 0.2) is 48.5 Å². The van der Waals surface area contributed by atoms with E-state index in [1.54, 1.807) is 12.1 Å². The highest BCUT2D eigenvalue weighted by Crippen LogP contribution is 2.20. The first-order valence-corrected chi connectivity index (χ1v) is 6.96. The van der Waals surface area contributed by atoms with Crippen LogP contribution in [0.5, 0.6) is 0 Å². The number of hydrogen-bond donors (Lipinski definition) is 1. The summed E-state index contributed by atoms with van der Waals surface area (Å²) in [6.45, 7) is 2.58. The first-order chi connectivity index (χ1) is 10.2. The van der Waals surface area contributed by atoms with E-state index in [1.807, 2.05) is 36.4 Å². The van der Waals surface area contributed by atoms with Gasteiger partial charge in [-0.2, -0.15) is 0 Å². The molecule has 0 amide bonds. The molecule has 1 aromatic heterocycles. The second kappa shape index (κ2) is 5.40. The van der Waals surface area contributed by atoms with Gasteiger partial charge in [-0.1, -0.05) is 37.3 Å². The molecule has 1 heterocycles. The maximum atomic E-state index is 11.3. The molecule has 1 N–H and O–H groups in total. The summed E-state index contributed by atoms with van der Waals surface area (Å²) in [5, 5.41) is 9.31. The minimum atomic E-state index is -0.895. The highest BCUT2D eigenvalue weighted by Gasteiger charge is 2.13. The molecule has 0 saturated carbocycles. The Morgan fingerprint density at radius 3 is 2.62 bits per heavy atom. The van der Waals surface area contributed by atoms with Crippen LogP contribution in [-0.4, -0.2) is 20.6 Å². The van der Waals surface area contributed by atoms with E-state index >= 15 is 0 Å². The van der Waals surface area contributed by atoms with Crippen LogP contribution in [0.3, 0.4) is 0 Å². The average molecular weight is 280 g/mol. The first-order valence-electron chi connectivity index (χ1n) is 6.96. The summed E-state index contributed by atoms with van der Waals surface area (Å²) in [6, 6.07) is 15.1. The van der Waals surface area contributed by atoms with Gasteiger partial charge in [-0.3, -0.25) is 0 Å². The molecule has 0 fully saturated rings. The summed E-state index contributed by atoms with van der Waals surface area (Å²) < 4.78 is 2.09. The molecule has 0 radical (unpaired) electrons. The predicted octanol–water partition coefficient (Wildman–Crippen LogP) is 3.35. The van der Waals surface area contributed by atoms with Gasteiger partial charge in [-0.05, 0) is 23.8 Å². The fourth-order valence-electron chi connectivity index (χ4n) is 2.61. The van der Waals surface area contributed by atoms with Gasteiger partial charge >= 0.3 is 5.97 Å². The van der Waals surface area contributed by atoms with Crippen molar-refractivity contribution in [2.24, 2.45) is 0 Å². The van der Waals surface area contributed by atoms with Gasteiger partial charge in [-0.15, -0.1) is 0 Å². The summed E-state index contributed by atoms with van der Waals surface area (Å²) >= 11 is 0. The molecular weight excluding hydrogens is 264 g/mol. The molecule has 2 aromatic carbocycles. The normalized spacial score (nSPS) is 10.9. The highest BCUT2D eigenvalue weighted by molar-refractivity contribution is 5.89. The smallest absolute Gasteiger partial charge is 0.336 e. The molecule has 0 aliphatic rings. The van der Waals surface area contributed by atoms with Gasteiger partial charge in [0, 0.05) is 6.42 Å². The van der Waals surface area contributed by atoms with Gasteiger partial charge in [0.2, 0.25) is 0 Å². The number of aromatic carboxylic acids is 1. The lowest BCUT2D eigenvalue weighted by atomic mass is 10.1. The largest absolute Gasteiger partial charge is 0.478 e. The molecule has 0 atom stereocenters. The Bertz CT molecular complexity index is 805. The van der Waals surface area contributed by atoms with Gasteiger partial charge in [0.25, 0.3) is 0 Å². The van der Waals surface area contributed by atoms with E-state index in [-0.39, 0.29) is 0 Å². The Balaban J connectivity index is 2.12. The Morgan fingerprint density at radius 1 is 1.14 bits per heavy atom. The zero-order valence-corrected chi connectivity index (χ0v) is 11.8. The Hall–Kier alpha value is -2.62. The molecular formula is C17H16N2O2. The van der Waals surface area contributed by atoms with E-state index in [1.165, 1.54) is 0 Å². The molecule has 4 heteroatoms. The molecule has 3 aromatic rings. The van der Waals surface area contributed by atoms with Crippen molar-refractivity contribution in [1.82, 2.24) is 9.55 Å². The zero-order valence-electron chi connectivity index (χ0n) is 11.8. The van der Waals surface area contributed by atoms with E-state index in [2.05, 4.69) is 16.5 Å². The van der Waals surface area contributed by atoms with Crippen LogP contribution in [-0.2, 0) is 13.0 Å². The summed E-state index contributed by atoms with van der Waals surface area (Å²) in [6.07, 6.45) is 0.809. The highest BCUT2D eigenvalue weighted by atomic mass is 16.4. The number of carboxylic acid groups (broad SMARTS) is 1. The molecule has 3 rings (SSSR count). The first kappa shape index (κ1) is 13.4. The molecule has 4 nitrogen and oxygen atoms in total. The lowest BCUT2D eigenvalue weighted by Gasteiger charge is -2.10. The Kier molecular flexibility index (Phi) is 3.44. The molecule has 21 heavy (non-hydrogen) atoms. The van der Waals surface area contributed by atoms with Crippen LogP contribution in [0.25, 0.3) is 11.0 Å². The fraction of sp³-hybridized carbons (Fsp3) is 0.176. The van der Waals surface area contributed by atoms with Crippen LogP contribution in [0, 0.1) is 0 Å². The maximum absolute atomic E-state index is 11.3. The summed E-state index contributed by atoms with van der Waals surface area (Å²) in [7, 11) is 0. The number of nitrogens with zero attached hydrogens (tertiary/aromatic N) is 2. The van der Waals surface area contributed by atoms with Gasteiger partial charge in [0.15, 0.2) is 0 Å². The topological polar surface area (TPSA) is 55.1 Å². The second-order valence-electron chi connectivity index (χ2n) is 4.92. The molecule has 106 valence electrons. The SMILES string of the molecule is CCc1nc2ccccc2n1Cc1ccccc1C(=O)O.